The quantitative estimate of drug-likeness (QED) is 0.858. The van der Waals surface area contributed by atoms with E-state index in [9.17, 15) is 22.4 Å². The first-order chi connectivity index (χ1) is 11.8. The van der Waals surface area contributed by atoms with Crippen molar-refractivity contribution in [1.29, 1.82) is 5.26 Å². The summed E-state index contributed by atoms with van der Waals surface area (Å²) in [7, 11) is 1.37. The summed E-state index contributed by atoms with van der Waals surface area (Å²) in [4.78, 5) is 15.8. The normalized spacial score (nSPS) is 10.9. The molecule has 0 bridgehead atoms. The molecule has 1 aromatic carbocycles. The molecular formula is C16H11F4N3O2. The number of carbonyl (C=O) groups is 1. The van der Waals surface area contributed by atoms with Crippen molar-refractivity contribution in [2.24, 2.45) is 0 Å². The fraction of sp³-hybridized carbons (Fsp3) is 0.188. The Morgan fingerprint density at radius 2 is 2.08 bits per heavy atom. The summed E-state index contributed by atoms with van der Waals surface area (Å²) in [6.07, 6.45) is -3.53. The van der Waals surface area contributed by atoms with Gasteiger partial charge in [-0.3, -0.25) is 4.79 Å². The number of methoxy groups -OCH3 is 1. The Balaban J connectivity index is 2.16. The molecule has 1 aromatic heterocycles. The molecule has 0 saturated carbocycles. The number of nitriles is 1. The third-order valence-electron chi connectivity index (χ3n) is 3.26. The highest BCUT2D eigenvalue weighted by Crippen LogP contribution is 2.31. The predicted octanol–water partition coefficient (Wildman–Crippen LogP) is 3.05. The molecule has 1 heterocycles. The molecule has 0 spiro atoms. The molecule has 2 aromatic rings. The highest BCUT2D eigenvalue weighted by molar-refractivity contribution is 5.94. The zero-order chi connectivity index (χ0) is 18.6. The second-order valence-corrected chi connectivity index (χ2v) is 4.87. The number of hydrogen-bond donors (Lipinski definition) is 1. The summed E-state index contributed by atoms with van der Waals surface area (Å²) >= 11 is 0. The molecule has 0 aliphatic rings. The van der Waals surface area contributed by atoms with Crippen LogP contribution >= 0.6 is 0 Å². The van der Waals surface area contributed by atoms with Crippen LogP contribution < -0.4 is 10.1 Å². The smallest absolute Gasteiger partial charge is 0.419 e. The molecule has 0 radical (unpaired) electrons. The number of nitrogens with zero attached hydrogens (tertiary/aromatic N) is 2. The second kappa shape index (κ2) is 7.17. The Labute approximate surface area is 139 Å². The third-order valence-corrected chi connectivity index (χ3v) is 3.26. The molecule has 0 saturated heterocycles. The lowest BCUT2D eigenvalue weighted by atomic mass is 10.1. The Morgan fingerprint density at radius 1 is 1.36 bits per heavy atom. The molecule has 9 heteroatoms. The minimum atomic E-state index is -4.84. The van der Waals surface area contributed by atoms with E-state index in [1.807, 2.05) is 6.07 Å². The largest absolute Gasteiger partial charge is 0.495 e. The molecule has 1 amide bonds. The number of alkyl halides is 3. The number of halogens is 4. The first kappa shape index (κ1) is 18.2. The number of ether oxygens (including phenoxy) is 1. The Hall–Kier alpha value is -3.15. The van der Waals surface area contributed by atoms with E-state index in [4.69, 9.17) is 10.00 Å². The summed E-state index contributed by atoms with van der Waals surface area (Å²) in [6.45, 7) is -0.0815. The van der Waals surface area contributed by atoms with Gasteiger partial charge < -0.3 is 10.1 Å². The number of rotatable bonds is 4. The zero-order valence-corrected chi connectivity index (χ0v) is 12.8. The zero-order valence-electron chi connectivity index (χ0n) is 12.8. The van der Waals surface area contributed by atoms with Crippen molar-refractivity contribution in [3.63, 3.8) is 0 Å². The van der Waals surface area contributed by atoms with Gasteiger partial charge in [0.15, 0.2) is 0 Å². The summed E-state index contributed by atoms with van der Waals surface area (Å²) in [5, 5.41) is 11.3. The van der Waals surface area contributed by atoms with Gasteiger partial charge in [0, 0.05) is 17.7 Å². The second-order valence-electron chi connectivity index (χ2n) is 4.87. The fourth-order valence-corrected chi connectivity index (χ4v) is 2.03. The van der Waals surface area contributed by atoms with Gasteiger partial charge >= 0.3 is 6.18 Å². The van der Waals surface area contributed by atoms with Crippen molar-refractivity contribution >= 4 is 5.91 Å². The highest BCUT2D eigenvalue weighted by Gasteiger charge is 2.34. The lowest BCUT2D eigenvalue weighted by Gasteiger charge is -2.11. The maximum absolute atomic E-state index is 13.5. The lowest BCUT2D eigenvalue weighted by molar-refractivity contribution is -0.140. The van der Waals surface area contributed by atoms with Crippen molar-refractivity contribution in [3.05, 3.63) is 58.7 Å². The SMILES string of the molecule is COc1cnc(C#N)cc1CNC(=O)c1ccc(C(F)(F)F)c(F)c1. The number of carbonyl (C=O) groups excluding carboxylic acids is 1. The molecule has 0 unspecified atom stereocenters. The highest BCUT2D eigenvalue weighted by atomic mass is 19.4. The van der Waals surface area contributed by atoms with Crippen LogP contribution in [0.5, 0.6) is 5.75 Å². The van der Waals surface area contributed by atoms with E-state index >= 15 is 0 Å². The Bertz CT molecular complexity index is 844. The van der Waals surface area contributed by atoms with Crippen LogP contribution in [0.2, 0.25) is 0 Å². The fourth-order valence-electron chi connectivity index (χ4n) is 2.03. The van der Waals surface area contributed by atoms with Crippen LogP contribution in [0.4, 0.5) is 17.6 Å². The van der Waals surface area contributed by atoms with Gasteiger partial charge in [0.1, 0.15) is 23.3 Å². The van der Waals surface area contributed by atoms with Crippen LogP contribution in [-0.2, 0) is 12.7 Å². The van der Waals surface area contributed by atoms with Crippen molar-refractivity contribution in [1.82, 2.24) is 10.3 Å². The molecule has 130 valence electrons. The third kappa shape index (κ3) is 4.23. The van der Waals surface area contributed by atoms with E-state index < -0.39 is 23.5 Å². The molecule has 0 aliphatic carbocycles. The van der Waals surface area contributed by atoms with Gasteiger partial charge in [-0.2, -0.15) is 18.4 Å². The predicted molar refractivity (Wildman–Crippen MR) is 78.1 cm³/mol. The summed E-state index contributed by atoms with van der Waals surface area (Å²) in [5.74, 6) is -1.99. The first-order valence-corrected chi connectivity index (χ1v) is 6.84. The van der Waals surface area contributed by atoms with Gasteiger partial charge in [-0.1, -0.05) is 0 Å². The van der Waals surface area contributed by atoms with Gasteiger partial charge in [0.25, 0.3) is 5.91 Å². The topological polar surface area (TPSA) is 75.0 Å². The van der Waals surface area contributed by atoms with Crippen LogP contribution in [0.1, 0.15) is 27.2 Å². The standard InChI is InChI=1S/C16H11F4N3O2/c1-25-14-8-22-11(6-21)4-10(14)7-23-15(24)9-2-3-12(13(17)5-9)16(18,19)20/h2-5,8H,7H2,1H3,(H,23,24). The molecule has 0 fully saturated rings. The van der Waals surface area contributed by atoms with Crippen molar-refractivity contribution in [2.45, 2.75) is 12.7 Å². The van der Waals surface area contributed by atoms with Gasteiger partial charge in [0.2, 0.25) is 0 Å². The van der Waals surface area contributed by atoms with Crippen molar-refractivity contribution in [3.8, 4) is 11.8 Å². The van der Waals surface area contributed by atoms with Crippen LogP contribution in [-0.4, -0.2) is 18.0 Å². The monoisotopic (exact) mass is 353 g/mol. The van der Waals surface area contributed by atoms with Gasteiger partial charge in [0.05, 0.1) is 18.9 Å². The number of hydrogen-bond acceptors (Lipinski definition) is 4. The van der Waals surface area contributed by atoms with Gasteiger partial charge in [-0.15, -0.1) is 0 Å². The minimum Gasteiger partial charge on any atom is -0.495 e. The number of pyridine rings is 1. The maximum Gasteiger partial charge on any atom is 0.419 e. The maximum atomic E-state index is 13.5. The number of benzene rings is 1. The molecule has 25 heavy (non-hydrogen) atoms. The van der Waals surface area contributed by atoms with Crippen LogP contribution in [0.15, 0.2) is 30.5 Å². The van der Waals surface area contributed by atoms with E-state index in [0.29, 0.717) is 23.4 Å². The average molecular weight is 353 g/mol. The van der Waals surface area contributed by atoms with Gasteiger partial charge in [-0.25, -0.2) is 9.37 Å². The summed E-state index contributed by atoms with van der Waals surface area (Å²) in [5.41, 5.74) is -1.17. The molecule has 1 N–H and O–H groups in total. The molecule has 0 aliphatic heterocycles. The van der Waals surface area contributed by atoms with Crippen LogP contribution in [0.25, 0.3) is 0 Å². The van der Waals surface area contributed by atoms with Crippen LogP contribution in [0.3, 0.4) is 0 Å². The summed E-state index contributed by atoms with van der Waals surface area (Å²) < 4.78 is 56.1. The van der Waals surface area contributed by atoms with E-state index in [2.05, 4.69) is 10.3 Å². The molecule has 0 atom stereocenters. The van der Waals surface area contributed by atoms with E-state index in [0.717, 1.165) is 6.07 Å². The molecule has 5 nitrogen and oxygen atoms in total. The first-order valence-electron chi connectivity index (χ1n) is 6.84. The Kier molecular flexibility index (Phi) is 5.22. The lowest BCUT2D eigenvalue weighted by Crippen LogP contribution is -2.23. The molecule has 2 rings (SSSR count). The van der Waals surface area contributed by atoms with Crippen molar-refractivity contribution in [2.75, 3.05) is 7.11 Å². The number of nitrogens with one attached hydrogen (secondary N) is 1. The van der Waals surface area contributed by atoms with E-state index in [1.165, 1.54) is 19.4 Å². The van der Waals surface area contributed by atoms with E-state index in [1.54, 1.807) is 0 Å². The van der Waals surface area contributed by atoms with E-state index in [-0.39, 0.29) is 17.8 Å². The minimum absolute atomic E-state index is 0.0815. The molecular weight excluding hydrogens is 342 g/mol. The number of aromatic nitrogens is 1. The average Bonchev–Trinajstić information content (AvgIpc) is 2.58. The Morgan fingerprint density at radius 3 is 2.64 bits per heavy atom. The van der Waals surface area contributed by atoms with Gasteiger partial charge in [-0.05, 0) is 24.3 Å². The number of amides is 1. The van der Waals surface area contributed by atoms with Crippen molar-refractivity contribution < 1.29 is 27.1 Å². The van der Waals surface area contributed by atoms with Crippen LogP contribution in [0, 0.1) is 17.1 Å². The summed E-state index contributed by atoms with van der Waals surface area (Å²) in [6, 6.07) is 5.13.